The minimum atomic E-state index is -2.58. The average Bonchev–Trinajstić information content (AvgIpc) is 1.00. The molecule has 4 N–H and O–H groups in total. The lowest BCUT2D eigenvalue weighted by Gasteiger charge is -2.67. The number of benzene rings is 2. The number of carbonyl (C=O) groups is 10. The van der Waals surface area contributed by atoms with Crippen molar-refractivity contribution < 1.29 is 91.3 Å². The quantitative estimate of drug-likeness (QED) is 0.0567. The molecule has 0 unspecified atom stereocenters. The molecule has 12 atom stereocenters. The molecule has 446 valence electrons. The van der Waals surface area contributed by atoms with E-state index in [0.29, 0.717) is 0 Å². The van der Waals surface area contributed by atoms with Crippen molar-refractivity contribution in [3.05, 3.63) is 113 Å². The second kappa shape index (κ2) is 25.3. The normalized spacial score (nSPS) is 27.0. The zero-order chi connectivity index (χ0) is 60.9. The predicted octanol–water partition coefficient (Wildman–Crippen LogP) is 5.67. The number of aliphatic carboxylic acids is 1. The molecule has 0 radical (unpaired) electrons. The number of ether oxygens (including phenoxy) is 7. The lowest BCUT2D eigenvalue weighted by atomic mass is 9.44. The van der Waals surface area contributed by atoms with Gasteiger partial charge in [0.2, 0.25) is 12.0 Å². The number of nitrogens with one attached hydrogen (secondary N) is 2. The number of rotatable bonds is 21. The Labute approximate surface area is 480 Å². The summed E-state index contributed by atoms with van der Waals surface area (Å²) in [5.74, 6) is -12.1. The maximum atomic E-state index is 16.4. The number of hydrogen-bond donors (Lipinski definition) is 4. The summed E-state index contributed by atoms with van der Waals surface area (Å²) in [5, 5.41) is 29.2. The Bertz CT molecular complexity index is 3000. The summed E-state index contributed by atoms with van der Waals surface area (Å²) in [6.07, 6.45) is -10.0. The number of esters is 6. The highest BCUT2D eigenvalue weighted by Crippen LogP contribution is 2.65. The van der Waals surface area contributed by atoms with Gasteiger partial charge >= 0.3 is 41.8 Å². The lowest BCUT2D eigenvalue weighted by Crippen LogP contribution is -2.82. The lowest BCUT2D eigenvalue weighted by molar-refractivity contribution is -0.346. The molecule has 7 rings (SSSR count). The molecule has 83 heavy (non-hydrogen) atoms. The first-order valence-electron chi connectivity index (χ1n) is 27.6. The number of pyridine rings is 1. The third kappa shape index (κ3) is 13.0. The van der Waals surface area contributed by atoms with Gasteiger partial charge in [-0.15, -0.1) is 0 Å². The van der Waals surface area contributed by atoms with Crippen molar-refractivity contribution in [1.82, 2.24) is 15.6 Å². The van der Waals surface area contributed by atoms with E-state index in [0.717, 1.165) is 13.8 Å². The summed E-state index contributed by atoms with van der Waals surface area (Å²) in [5.41, 5.74) is -8.37. The molecule has 1 aromatic heterocycles. The van der Waals surface area contributed by atoms with Crippen molar-refractivity contribution >= 4 is 59.4 Å². The van der Waals surface area contributed by atoms with Gasteiger partial charge in [-0.2, -0.15) is 0 Å². The van der Waals surface area contributed by atoms with E-state index in [-0.39, 0.29) is 58.9 Å². The van der Waals surface area contributed by atoms with E-state index >= 15 is 9.59 Å². The number of ketones is 1. The van der Waals surface area contributed by atoms with Gasteiger partial charge in [0.25, 0.3) is 5.91 Å². The third-order valence-corrected chi connectivity index (χ3v) is 16.3. The van der Waals surface area contributed by atoms with Crippen molar-refractivity contribution in [1.29, 1.82) is 0 Å². The van der Waals surface area contributed by atoms with Gasteiger partial charge < -0.3 is 54.0 Å². The van der Waals surface area contributed by atoms with Gasteiger partial charge in [-0.05, 0) is 73.1 Å². The van der Waals surface area contributed by atoms with Crippen LogP contribution < -0.4 is 10.6 Å². The average molecular weight is 1150 g/mol. The van der Waals surface area contributed by atoms with Crippen LogP contribution in [0.3, 0.4) is 0 Å². The number of aliphatic hydroxyl groups is 1. The Morgan fingerprint density at radius 3 is 1.98 bits per heavy atom. The van der Waals surface area contributed by atoms with E-state index < -0.39 is 162 Å². The molecule has 0 spiro atoms. The molecule has 1 aliphatic heterocycles. The topological polar surface area (TPSA) is 313 Å². The van der Waals surface area contributed by atoms with Gasteiger partial charge in [0.1, 0.15) is 42.1 Å². The van der Waals surface area contributed by atoms with Crippen LogP contribution in [0.15, 0.2) is 96.3 Å². The number of fused-ring (bicyclic) bond motifs is 5. The second-order valence-corrected chi connectivity index (χ2v) is 23.3. The fraction of sp³-hybridized carbons (Fsp3) is 0.525. The van der Waals surface area contributed by atoms with Crippen LogP contribution in [-0.4, -0.2) is 135 Å². The Morgan fingerprint density at radius 2 is 1.41 bits per heavy atom. The zero-order valence-corrected chi connectivity index (χ0v) is 48.2. The Kier molecular flexibility index (Phi) is 19.2. The Morgan fingerprint density at radius 1 is 0.783 bits per heavy atom. The highest BCUT2D eigenvalue weighted by molar-refractivity contribution is 5.98. The van der Waals surface area contributed by atoms with Gasteiger partial charge in [0, 0.05) is 63.8 Å². The minimum Gasteiger partial charge on any atom is -0.481 e. The number of amides is 2. The summed E-state index contributed by atoms with van der Waals surface area (Å²) in [6.45, 7) is 14.7. The summed E-state index contributed by atoms with van der Waals surface area (Å²) in [7, 11) is 0. The molecule has 3 fully saturated rings. The van der Waals surface area contributed by atoms with Crippen LogP contribution >= 0.6 is 0 Å². The molecule has 1 saturated heterocycles. The summed E-state index contributed by atoms with van der Waals surface area (Å²) in [4.78, 5) is 145. The van der Waals surface area contributed by atoms with Crippen LogP contribution in [0.4, 0.5) is 0 Å². The zero-order valence-electron chi connectivity index (χ0n) is 48.2. The van der Waals surface area contributed by atoms with Crippen LogP contribution in [-0.2, 0) is 71.5 Å². The molecular weight excluding hydrogens is 1080 g/mol. The number of hydrogen-bond acceptors (Lipinski definition) is 19. The monoisotopic (exact) mass is 1150 g/mol. The largest absolute Gasteiger partial charge is 0.481 e. The van der Waals surface area contributed by atoms with Gasteiger partial charge in [-0.25, -0.2) is 9.59 Å². The van der Waals surface area contributed by atoms with Crippen LogP contribution in [0.2, 0.25) is 0 Å². The van der Waals surface area contributed by atoms with Crippen molar-refractivity contribution in [3.8, 4) is 0 Å². The highest BCUT2D eigenvalue weighted by atomic mass is 16.6. The third-order valence-electron chi connectivity index (χ3n) is 16.3. The van der Waals surface area contributed by atoms with E-state index in [1.807, 2.05) is 0 Å². The second-order valence-electron chi connectivity index (χ2n) is 23.3. The van der Waals surface area contributed by atoms with E-state index in [2.05, 4.69) is 15.6 Å². The van der Waals surface area contributed by atoms with Crippen molar-refractivity contribution in [2.75, 3.05) is 6.61 Å². The minimum absolute atomic E-state index is 0.00641. The molecule has 3 aliphatic carbocycles. The molecular formula is C61H73N3O19. The fourth-order valence-corrected chi connectivity index (χ4v) is 12.2. The summed E-state index contributed by atoms with van der Waals surface area (Å²) in [6, 6.07) is 15.1. The molecule has 3 aromatic rings. The standard InChI is InChI=1S/C61H73N3O19/c1-32(2)26-45(69)80-42-28-43-60(31-77-43,83-36(7)66)51-53(82-56(74)38-20-15-12-16-21-38)61(76)29-41(34(5)47(58(61,8)9)49(78-35(6)65)52(71)59(42,51)10)79-57(75)50(81-46(70)27-33(3)4)48(37-18-13-11-14-19-37)64-55(73)40(23-24-44(67)68)63-54(72)39-22-17-25-62-30-39/h11-22,25,30,32-33,40-43,48-51,53,76H,23-24,26-29,31H2,1-10H3,(H,63,72)(H,64,73)(H,67,68)/t40-,41+,42+,43-,48+,49-,50-,51+,53+,59-,60+,61-/m1/s1. The van der Waals surface area contributed by atoms with Crippen LogP contribution in [0, 0.1) is 28.6 Å². The summed E-state index contributed by atoms with van der Waals surface area (Å²) >= 11 is 0. The van der Waals surface area contributed by atoms with Gasteiger partial charge in [0.05, 0.1) is 29.1 Å². The Balaban J connectivity index is 1.43. The van der Waals surface area contributed by atoms with E-state index in [1.165, 1.54) is 76.5 Å². The van der Waals surface area contributed by atoms with Crippen molar-refractivity contribution in [3.63, 3.8) is 0 Å². The maximum Gasteiger partial charge on any atom is 0.350 e. The smallest absolute Gasteiger partial charge is 0.350 e. The van der Waals surface area contributed by atoms with E-state index in [9.17, 15) is 48.6 Å². The van der Waals surface area contributed by atoms with Crippen LogP contribution in [0.5, 0.6) is 0 Å². The highest BCUT2D eigenvalue weighted by Gasteiger charge is 2.79. The number of nitrogens with zero attached hydrogens (tertiary/aromatic N) is 1. The number of Topliss-reactive ketones (excluding diaryl/α,β-unsaturated/α-hetero) is 1. The van der Waals surface area contributed by atoms with E-state index in [1.54, 1.807) is 64.1 Å². The molecule has 2 saturated carbocycles. The number of carboxylic acids is 1. The molecule has 2 aromatic carbocycles. The molecule has 22 nitrogen and oxygen atoms in total. The Hall–Kier alpha value is -7.85. The number of carboxylic acid groups (broad SMARTS) is 1. The maximum absolute atomic E-state index is 16.4. The first kappa shape index (κ1) is 62.7. The van der Waals surface area contributed by atoms with Crippen LogP contribution in [0.25, 0.3) is 0 Å². The van der Waals surface area contributed by atoms with Crippen molar-refractivity contribution in [2.45, 2.75) is 168 Å². The number of carbonyl (C=O) groups excluding carboxylic acids is 9. The molecule has 4 aliphatic rings. The van der Waals surface area contributed by atoms with Crippen LogP contribution in [0.1, 0.15) is 140 Å². The molecule has 2 amide bonds. The van der Waals surface area contributed by atoms with Gasteiger partial charge in [0.15, 0.2) is 17.5 Å². The molecule has 2 bridgehead atoms. The molecule has 2 heterocycles. The number of aromatic nitrogens is 1. The SMILES string of the molecule is CC(=O)O[C@H]1C(=O)[C@]2(C)[C@@H](OC(=O)CC(C)C)C[C@H]3OC[C@@]3(OC(C)=O)[C@H]2[C@H](OC(=O)c2ccccc2)[C@]2(O)C[C@H](OC(=O)[C@H](OC(=O)CC(C)C)[C@@H](NC(=O)[C@@H](CCC(=O)O)NC(=O)c3cccnc3)c3ccccc3)C(C)=C1C2(C)C. The first-order valence-corrected chi connectivity index (χ1v) is 27.6. The van der Waals surface area contributed by atoms with E-state index in [4.69, 9.17) is 33.2 Å². The predicted molar refractivity (Wildman–Crippen MR) is 291 cm³/mol. The fourth-order valence-electron chi connectivity index (χ4n) is 12.2. The molecule has 22 heteroatoms. The van der Waals surface area contributed by atoms with Gasteiger partial charge in [-0.1, -0.05) is 90.1 Å². The first-order chi connectivity index (χ1) is 39.0. The van der Waals surface area contributed by atoms with Gasteiger partial charge in [-0.3, -0.25) is 43.3 Å². The van der Waals surface area contributed by atoms with Crippen molar-refractivity contribution in [2.24, 2.45) is 28.6 Å². The summed E-state index contributed by atoms with van der Waals surface area (Å²) < 4.78 is 43.7.